The van der Waals surface area contributed by atoms with Crippen molar-refractivity contribution in [2.24, 2.45) is 0 Å². The predicted octanol–water partition coefficient (Wildman–Crippen LogP) is 1.50. The highest BCUT2D eigenvalue weighted by Crippen LogP contribution is 2.25. The second kappa shape index (κ2) is 4.92. The van der Waals surface area contributed by atoms with Gasteiger partial charge in [-0.3, -0.25) is 0 Å². The number of rotatable bonds is 2. The quantitative estimate of drug-likeness (QED) is 0.842. The fraction of sp³-hybridized carbons (Fsp3) is 0.615. The SMILES string of the molecule is Cc1ccc(N)c(N2CCC(N(C)C)CC2)n1. The Hall–Kier alpha value is -1.29. The first-order valence-corrected chi connectivity index (χ1v) is 6.22. The van der Waals surface area contributed by atoms with Crippen LogP contribution >= 0.6 is 0 Å². The van der Waals surface area contributed by atoms with Crippen molar-refractivity contribution in [3.05, 3.63) is 17.8 Å². The first-order chi connectivity index (χ1) is 8.08. The molecule has 17 heavy (non-hydrogen) atoms. The van der Waals surface area contributed by atoms with E-state index in [4.69, 9.17) is 5.73 Å². The van der Waals surface area contributed by atoms with Crippen LogP contribution in [0.15, 0.2) is 12.1 Å². The second-order valence-electron chi connectivity index (χ2n) is 5.05. The Morgan fingerprint density at radius 3 is 2.53 bits per heavy atom. The Morgan fingerprint density at radius 1 is 1.29 bits per heavy atom. The van der Waals surface area contributed by atoms with E-state index in [0.717, 1.165) is 30.3 Å². The van der Waals surface area contributed by atoms with Gasteiger partial charge in [0.05, 0.1) is 5.69 Å². The number of aromatic nitrogens is 1. The maximum absolute atomic E-state index is 6.00. The van der Waals surface area contributed by atoms with E-state index in [0.29, 0.717) is 6.04 Å². The Bertz CT molecular complexity index is 381. The summed E-state index contributed by atoms with van der Waals surface area (Å²) in [5.74, 6) is 0.960. The molecular formula is C13H22N4. The Kier molecular flexibility index (Phi) is 3.52. The van der Waals surface area contributed by atoms with Crippen molar-refractivity contribution in [1.82, 2.24) is 9.88 Å². The molecule has 1 aromatic rings. The minimum absolute atomic E-state index is 0.692. The van der Waals surface area contributed by atoms with Gasteiger partial charge in [-0.25, -0.2) is 4.98 Å². The van der Waals surface area contributed by atoms with Crippen LogP contribution in [0.2, 0.25) is 0 Å². The molecule has 4 nitrogen and oxygen atoms in total. The number of nitrogens with two attached hydrogens (primary N) is 1. The molecule has 0 radical (unpaired) electrons. The van der Waals surface area contributed by atoms with Crippen molar-refractivity contribution in [3.8, 4) is 0 Å². The largest absolute Gasteiger partial charge is 0.396 e. The topological polar surface area (TPSA) is 45.4 Å². The molecule has 2 heterocycles. The van der Waals surface area contributed by atoms with Crippen molar-refractivity contribution in [2.75, 3.05) is 37.8 Å². The van der Waals surface area contributed by atoms with Gasteiger partial charge in [0, 0.05) is 24.8 Å². The molecule has 0 atom stereocenters. The molecule has 0 spiro atoms. The lowest BCUT2D eigenvalue weighted by Crippen LogP contribution is -2.42. The number of nitrogens with zero attached hydrogens (tertiary/aromatic N) is 3. The fourth-order valence-electron chi connectivity index (χ4n) is 2.40. The normalized spacial score (nSPS) is 17.8. The molecule has 0 unspecified atom stereocenters. The molecule has 1 aliphatic heterocycles. The van der Waals surface area contributed by atoms with Crippen molar-refractivity contribution in [2.45, 2.75) is 25.8 Å². The van der Waals surface area contributed by atoms with Crippen LogP contribution in [0, 0.1) is 6.92 Å². The van der Waals surface area contributed by atoms with Crippen LogP contribution < -0.4 is 10.6 Å². The van der Waals surface area contributed by atoms with Crippen LogP contribution in [0.25, 0.3) is 0 Å². The maximum atomic E-state index is 6.00. The van der Waals surface area contributed by atoms with Gasteiger partial charge in [0.1, 0.15) is 0 Å². The molecule has 1 fully saturated rings. The maximum Gasteiger partial charge on any atom is 0.152 e. The third-order valence-corrected chi connectivity index (χ3v) is 3.54. The number of hydrogen-bond donors (Lipinski definition) is 1. The number of piperidine rings is 1. The molecule has 2 rings (SSSR count). The number of nitrogen functional groups attached to an aromatic ring is 1. The number of anilines is 2. The molecule has 1 saturated heterocycles. The number of hydrogen-bond acceptors (Lipinski definition) is 4. The molecule has 4 heteroatoms. The summed E-state index contributed by atoms with van der Waals surface area (Å²) in [5, 5.41) is 0. The average Bonchev–Trinajstić information content (AvgIpc) is 2.32. The van der Waals surface area contributed by atoms with Crippen molar-refractivity contribution in [3.63, 3.8) is 0 Å². The van der Waals surface area contributed by atoms with Crippen molar-refractivity contribution >= 4 is 11.5 Å². The van der Waals surface area contributed by atoms with Crippen LogP contribution in [-0.2, 0) is 0 Å². The van der Waals surface area contributed by atoms with E-state index < -0.39 is 0 Å². The van der Waals surface area contributed by atoms with Gasteiger partial charge < -0.3 is 15.5 Å². The first kappa shape index (κ1) is 12.2. The summed E-state index contributed by atoms with van der Waals surface area (Å²) >= 11 is 0. The number of aryl methyl sites for hydroxylation is 1. The van der Waals surface area contributed by atoms with E-state index in [1.165, 1.54) is 12.8 Å². The summed E-state index contributed by atoms with van der Waals surface area (Å²) in [6.07, 6.45) is 2.37. The summed E-state index contributed by atoms with van der Waals surface area (Å²) in [6, 6.07) is 4.61. The molecule has 0 amide bonds. The van der Waals surface area contributed by atoms with Crippen molar-refractivity contribution < 1.29 is 0 Å². The Morgan fingerprint density at radius 2 is 1.94 bits per heavy atom. The highest BCUT2D eigenvalue weighted by atomic mass is 15.2. The van der Waals surface area contributed by atoms with Gasteiger partial charge in [0.15, 0.2) is 5.82 Å². The third kappa shape index (κ3) is 2.69. The van der Waals surface area contributed by atoms with Crippen molar-refractivity contribution in [1.29, 1.82) is 0 Å². The number of pyridine rings is 1. The lowest BCUT2D eigenvalue weighted by Gasteiger charge is -2.36. The standard InChI is InChI=1S/C13H22N4/c1-10-4-5-12(14)13(15-10)17-8-6-11(7-9-17)16(2)3/h4-5,11H,6-9,14H2,1-3H3. The Balaban J connectivity index is 2.07. The van der Waals surface area contributed by atoms with Gasteiger partial charge in [0.2, 0.25) is 0 Å². The van der Waals surface area contributed by atoms with E-state index in [9.17, 15) is 0 Å². The lowest BCUT2D eigenvalue weighted by molar-refractivity contribution is 0.249. The third-order valence-electron chi connectivity index (χ3n) is 3.54. The highest BCUT2D eigenvalue weighted by Gasteiger charge is 2.22. The molecule has 0 bridgehead atoms. The first-order valence-electron chi connectivity index (χ1n) is 6.22. The smallest absolute Gasteiger partial charge is 0.152 e. The van der Waals surface area contributed by atoms with Gasteiger partial charge in [-0.1, -0.05) is 0 Å². The monoisotopic (exact) mass is 234 g/mol. The molecule has 0 aromatic carbocycles. The van der Waals surface area contributed by atoms with Gasteiger partial charge >= 0.3 is 0 Å². The highest BCUT2D eigenvalue weighted by molar-refractivity contribution is 5.63. The molecule has 94 valence electrons. The zero-order chi connectivity index (χ0) is 12.4. The van der Waals surface area contributed by atoms with Gasteiger partial charge in [0.25, 0.3) is 0 Å². The summed E-state index contributed by atoms with van der Waals surface area (Å²) in [7, 11) is 4.30. The van der Waals surface area contributed by atoms with E-state index in [1.807, 2.05) is 19.1 Å². The van der Waals surface area contributed by atoms with Crippen LogP contribution in [0.4, 0.5) is 11.5 Å². The lowest BCUT2D eigenvalue weighted by atomic mass is 10.0. The molecule has 1 aliphatic rings. The molecule has 2 N–H and O–H groups in total. The zero-order valence-corrected chi connectivity index (χ0v) is 11.0. The van der Waals surface area contributed by atoms with Gasteiger partial charge in [-0.05, 0) is 46.0 Å². The minimum atomic E-state index is 0.692. The minimum Gasteiger partial charge on any atom is -0.396 e. The summed E-state index contributed by atoms with van der Waals surface area (Å²) < 4.78 is 0. The van der Waals surface area contributed by atoms with Crippen LogP contribution in [-0.4, -0.2) is 43.1 Å². The second-order valence-corrected chi connectivity index (χ2v) is 5.05. The summed E-state index contributed by atoms with van der Waals surface area (Å²) in [4.78, 5) is 9.17. The van der Waals surface area contributed by atoms with E-state index in [-0.39, 0.29) is 0 Å². The molecule has 0 saturated carbocycles. The predicted molar refractivity (Wildman–Crippen MR) is 72.3 cm³/mol. The van der Waals surface area contributed by atoms with Gasteiger partial charge in [-0.2, -0.15) is 0 Å². The van der Waals surface area contributed by atoms with Crippen LogP contribution in [0.3, 0.4) is 0 Å². The van der Waals surface area contributed by atoms with E-state index in [2.05, 4.69) is 28.9 Å². The molecule has 0 aliphatic carbocycles. The fourth-order valence-corrected chi connectivity index (χ4v) is 2.40. The van der Waals surface area contributed by atoms with Gasteiger partial charge in [-0.15, -0.1) is 0 Å². The average molecular weight is 234 g/mol. The van der Waals surface area contributed by atoms with Crippen LogP contribution in [0.1, 0.15) is 18.5 Å². The summed E-state index contributed by atoms with van der Waals surface area (Å²) in [6.45, 7) is 4.10. The van der Waals surface area contributed by atoms with Crippen LogP contribution in [0.5, 0.6) is 0 Å². The summed E-state index contributed by atoms with van der Waals surface area (Å²) in [5.41, 5.74) is 7.82. The molecular weight excluding hydrogens is 212 g/mol. The Labute approximate surface area is 103 Å². The van der Waals surface area contributed by atoms with E-state index >= 15 is 0 Å². The molecule has 1 aromatic heterocycles. The van der Waals surface area contributed by atoms with E-state index in [1.54, 1.807) is 0 Å². The zero-order valence-electron chi connectivity index (χ0n) is 11.0.